The first-order valence-electron chi connectivity index (χ1n) is 7.30. The summed E-state index contributed by atoms with van der Waals surface area (Å²) >= 11 is 0. The van der Waals surface area contributed by atoms with Crippen LogP contribution in [0.2, 0.25) is 0 Å². The minimum atomic E-state index is -3.39. The molecule has 0 saturated carbocycles. The molecule has 1 saturated heterocycles. The van der Waals surface area contributed by atoms with Gasteiger partial charge in [-0.3, -0.25) is 0 Å². The van der Waals surface area contributed by atoms with Crippen molar-refractivity contribution in [2.24, 2.45) is 11.7 Å². The van der Waals surface area contributed by atoms with Gasteiger partial charge >= 0.3 is 0 Å². The van der Waals surface area contributed by atoms with Crippen LogP contribution in [0.3, 0.4) is 0 Å². The molecular weight excluding hydrogens is 322 g/mol. The van der Waals surface area contributed by atoms with Crippen molar-refractivity contribution in [1.82, 2.24) is 9.21 Å². The molecule has 5 nitrogen and oxygen atoms in total. The van der Waals surface area contributed by atoms with E-state index in [1.54, 1.807) is 16.4 Å². The van der Waals surface area contributed by atoms with Crippen molar-refractivity contribution in [3.63, 3.8) is 0 Å². The normalized spacial score (nSPS) is 20.9. The molecular formula is C15H26ClN3O2S. The number of nitrogens with two attached hydrogens (primary N) is 1. The second-order valence-corrected chi connectivity index (χ2v) is 8.09. The summed E-state index contributed by atoms with van der Waals surface area (Å²) in [5, 5.41) is 0. The second-order valence-electron chi connectivity index (χ2n) is 6.15. The zero-order valence-electron chi connectivity index (χ0n) is 13.4. The van der Waals surface area contributed by atoms with Gasteiger partial charge < -0.3 is 10.6 Å². The summed E-state index contributed by atoms with van der Waals surface area (Å²) in [6, 6.07) is 7.20. The Morgan fingerprint density at radius 1 is 1.32 bits per heavy atom. The molecule has 1 aromatic carbocycles. The minimum Gasteiger partial charge on any atom is -0.328 e. The van der Waals surface area contributed by atoms with Gasteiger partial charge in [0, 0.05) is 25.7 Å². The molecule has 22 heavy (non-hydrogen) atoms. The van der Waals surface area contributed by atoms with Crippen LogP contribution in [0.25, 0.3) is 0 Å². The van der Waals surface area contributed by atoms with Gasteiger partial charge in [0.2, 0.25) is 10.0 Å². The molecule has 2 N–H and O–H groups in total. The van der Waals surface area contributed by atoms with E-state index >= 15 is 0 Å². The summed E-state index contributed by atoms with van der Waals surface area (Å²) in [5.74, 6) is 0.257. The zero-order valence-corrected chi connectivity index (χ0v) is 15.0. The predicted octanol–water partition coefficient (Wildman–Crippen LogP) is 1.53. The molecule has 1 aromatic rings. The zero-order chi connectivity index (χ0) is 15.6. The Morgan fingerprint density at radius 3 is 2.36 bits per heavy atom. The summed E-state index contributed by atoms with van der Waals surface area (Å²) in [6.07, 6.45) is 0.843. The molecule has 1 heterocycles. The van der Waals surface area contributed by atoms with Gasteiger partial charge in [-0.1, -0.05) is 12.1 Å². The number of nitrogens with zero attached hydrogens (tertiary/aromatic N) is 2. The fraction of sp³-hybridized carbons (Fsp3) is 0.600. The van der Waals surface area contributed by atoms with Crippen LogP contribution in [0.15, 0.2) is 29.2 Å². The maximum Gasteiger partial charge on any atom is 0.243 e. The molecule has 0 amide bonds. The highest BCUT2D eigenvalue weighted by Gasteiger charge is 2.33. The number of hydrogen-bond donors (Lipinski definition) is 1. The highest BCUT2D eigenvalue weighted by molar-refractivity contribution is 7.89. The van der Waals surface area contributed by atoms with Crippen molar-refractivity contribution in [3.05, 3.63) is 29.8 Å². The summed E-state index contributed by atoms with van der Waals surface area (Å²) in [5.41, 5.74) is 6.99. The van der Waals surface area contributed by atoms with Crippen molar-refractivity contribution in [1.29, 1.82) is 0 Å². The lowest BCUT2D eigenvalue weighted by molar-refractivity contribution is 0.402. The molecule has 1 aliphatic heterocycles. The van der Waals surface area contributed by atoms with Crippen LogP contribution >= 0.6 is 12.4 Å². The van der Waals surface area contributed by atoms with Gasteiger partial charge in [0.25, 0.3) is 0 Å². The van der Waals surface area contributed by atoms with E-state index in [1.807, 2.05) is 33.2 Å². The summed E-state index contributed by atoms with van der Waals surface area (Å²) in [6.45, 7) is 3.83. The van der Waals surface area contributed by atoms with Gasteiger partial charge in [-0.05, 0) is 51.1 Å². The van der Waals surface area contributed by atoms with Crippen LogP contribution in [-0.4, -0.2) is 50.8 Å². The molecule has 2 rings (SSSR count). The monoisotopic (exact) mass is 347 g/mol. The maximum atomic E-state index is 12.6. The smallest absolute Gasteiger partial charge is 0.243 e. The Balaban J connectivity index is 0.00000242. The van der Waals surface area contributed by atoms with E-state index in [2.05, 4.69) is 4.90 Å². The first-order valence-corrected chi connectivity index (χ1v) is 8.74. The highest BCUT2D eigenvalue weighted by Crippen LogP contribution is 2.25. The SMILES string of the molecule is CC(N)C1CCN(S(=O)(=O)c2ccc(CN(C)C)cc2)C1.Cl. The van der Waals surface area contributed by atoms with E-state index in [9.17, 15) is 8.42 Å². The van der Waals surface area contributed by atoms with Crippen molar-refractivity contribution in [2.75, 3.05) is 27.2 Å². The lowest BCUT2D eigenvalue weighted by Gasteiger charge is -2.18. The lowest BCUT2D eigenvalue weighted by Crippen LogP contribution is -2.33. The fourth-order valence-electron chi connectivity index (χ4n) is 2.68. The first-order chi connectivity index (χ1) is 9.80. The van der Waals surface area contributed by atoms with E-state index in [-0.39, 0.29) is 24.4 Å². The third kappa shape index (κ3) is 4.43. The van der Waals surface area contributed by atoms with Crippen LogP contribution in [0.5, 0.6) is 0 Å². The Hall–Kier alpha value is -0.660. The first kappa shape index (κ1) is 19.4. The van der Waals surface area contributed by atoms with Crippen molar-refractivity contribution in [2.45, 2.75) is 30.8 Å². The maximum absolute atomic E-state index is 12.6. The van der Waals surface area contributed by atoms with Crippen LogP contribution < -0.4 is 5.73 Å². The van der Waals surface area contributed by atoms with Crippen molar-refractivity contribution >= 4 is 22.4 Å². The molecule has 0 aliphatic carbocycles. The van der Waals surface area contributed by atoms with Crippen LogP contribution in [0.1, 0.15) is 18.9 Å². The summed E-state index contributed by atoms with van der Waals surface area (Å²) < 4.78 is 26.8. The number of benzene rings is 1. The van der Waals surface area contributed by atoms with Crippen molar-refractivity contribution in [3.8, 4) is 0 Å². The standard InChI is InChI=1S/C15H25N3O2S.ClH/c1-12(16)14-8-9-18(11-14)21(19,20)15-6-4-13(5-7-15)10-17(2)3;/h4-7,12,14H,8-11,16H2,1-3H3;1H. The van der Waals surface area contributed by atoms with E-state index in [0.29, 0.717) is 18.0 Å². The third-order valence-corrected chi connectivity index (χ3v) is 5.87. The summed E-state index contributed by atoms with van der Waals surface area (Å²) in [7, 11) is 0.592. The third-order valence-electron chi connectivity index (χ3n) is 3.99. The van der Waals surface area contributed by atoms with Gasteiger partial charge in [0.15, 0.2) is 0 Å². The molecule has 0 radical (unpaired) electrons. The van der Waals surface area contributed by atoms with E-state index in [0.717, 1.165) is 18.5 Å². The van der Waals surface area contributed by atoms with Gasteiger partial charge in [-0.25, -0.2) is 8.42 Å². The number of halogens is 1. The van der Waals surface area contributed by atoms with Gasteiger partial charge in [0.1, 0.15) is 0 Å². The highest BCUT2D eigenvalue weighted by atomic mass is 35.5. The van der Waals surface area contributed by atoms with Crippen LogP contribution in [0, 0.1) is 5.92 Å². The molecule has 0 aromatic heterocycles. The molecule has 1 fully saturated rings. The molecule has 126 valence electrons. The summed E-state index contributed by atoms with van der Waals surface area (Å²) in [4.78, 5) is 2.42. The molecule has 0 spiro atoms. The Bertz CT molecular complexity index is 573. The van der Waals surface area contributed by atoms with Crippen molar-refractivity contribution < 1.29 is 8.42 Å². The number of sulfonamides is 1. The average molecular weight is 348 g/mol. The lowest BCUT2D eigenvalue weighted by atomic mass is 10.0. The number of rotatable bonds is 5. The predicted molar refractivity (Wildman–Crippen MR) is 91.6 cm³/mol. The van der Waals surface area contributed by atoms with Crippen LogP contribution in [0.4, 0.5) is 0 Å². The largest absolute Gasteiger partial charge is 0.328 e. The average Bonchev–Trinajstić information content (AvgIpc) is 2.89. The second kappa shape index (κ2) is 7.75. The Morgan fingerprint density at radius 2 is 1.91 bits per heavy atom. The minimum absolute atomic E-state index is 0. The quantitative estimate of drug-likeness (QED) is 0.877. The number of hydrogen-bond acceptors (Lipinski definition) is 4. The van der Waals surface area contributed by atoms with Gasteiger partial charge in [0.05, 0.1) is 4.90 Å². The Labute approximate surface area is 139 Å². The van der Waals surface area contributed by atoms with E-state index < -0.39 is 10.0 Å². The Kier molecular flexibility index (Phi) is 6.83. The topological polar surface area (TPSA) is 66.6 Å². The van der Waals surface area contributed by atoms with Crippen LogP contribution in [-0.2, 0) is 16.6 Å². The van der Waals surface area contributed by atoms with E-state index in [1.165, 1.54) is 0 Å². The van der Waals surface area contributed by atoms with Gasteiger partial charge in [-0.2, -0.15) is 4.31 Å². The van der Waals surface area contributed by atoms with Gasteiger partial charge in [-0.15, -0.1) is 12.4 Å². The molecule has 0 bridgehead atoms. The molecule has 2 atom stereocenters. The molecule has 1 aliphatic rings. The molecule has 7 heteroatoms. The van der Waals surface area contributed by atoms with E-state index in [4.69, 9.17) is 5.73 Å². The fourth-order valence-corrected chi connectivity index (χ4v) is 4.19. The molecule has 2 unspecified atom stereocenters.